The number of nitrogens with one attached hydrogen (secondary N) is 3. The first kappa shape index (κ1) is 39.7. The zero-order chi connectivity index (χ0) is 40.2. The van der Waals surface area contributed by atoms with Gasteiger partial charge < -0.3 is 29.3 Å². The number of benzene rings is 1. The molecule has 3 unspecified atom stereocenters. The molecule has 4 heterocycles. The Morgan fingerprint density at radius 1 is 1.12 bits per heavy atom. The highest BCUT2D eigenvalue weighted by Gasteiger charge is 2.65. The lowest BCUT2D eigenvalue weighted by Gasteiger charge is -2.32. The number of alkyl carbamates (subject to hydrolysis) is 1. The third-order valence-corrected chi connectivity index (χ3v) is 12.8. The van der Waals surface area contributed by atoms with Crippen LogP contribution in [0.3, 0.4) is 0 Å². The maximum atomic E-state index is 14.7. The summed E-state index contributed by atoms with van der Waals surface area (Å²) in [4.78, 5) is 72.3. The van der Waals surface area contributed by atoms with Crippen LogP contribution in [-0.2, 0) is 51.7 Å². The number of ether oxygens (including phenoxy) is 3. The Kier molecular flexibility index (Phi) is 10.7. The van der Waals surface area contributed by atoms with Crippen molar-refractivity contribution in [2.24, 2.45) is 5.92 Å². The van der Waals surface area contributed by atoms with E-state index >= 15 is 0 Å². The molecule has 16 nitrogen and oxygen atoms in total. The first-order valence-electron chi connectivity index (χ1n) is 19.1. The van der Waals surface area contributed by atoms with Gasteiger partial charge in [0.25, 0.3) is 5.91 Å². The van der Waals surface area contributed by atoms with E-state index in [0.717, 1.165) is 6.08 Å². The van der Waals surface area contributed by atoms with E-state index in [1.807, 2.05) is 12.2 Å². The van der Waals surface area contributed by atoms with Crippen LogP contribution in [0, 0.1) is 11.7 Å². The second-order valence-electron chi connectivity index (χ2n) is 16.4. The van der Waals surface area contributed by atoms with Crippen LogP contribution in [0.5, 0.6) is 0 Å². The number of rotatable bonds is 6. The molecule has 304 valence electrons. The Balaban J connectivity index is 1.16. The Bertz CT molecular complexity index is 1930. The molecule has 7 rings (SSSR count). The minimum atomic E-state index is -3.85. The topological polar surface area (TPSA) is 196 Å². The lowest BCUT2D eigenvalue weighted by atomic mass is 10.1. The minimum Gasteiger partial charge on any atom is -0.444 e. The highest BCUT2D eigenvalue weighted by Crippen LogP contribution is 2.48. The largest absolute Gasteiger partial charge is 0.444 e. The van der Waals surface area contributed by atoms with Crippen molar-refractivity contribution in [3.8, 4) is 0 Å². The Labute approximate surface area is 325 Å². The number of hydrogen-bond donors (Lipinski definition) is 3. The van der Waals surface area contributed by atoms with E-state index < -0.39 is 92.7 Å². The number of sulfonamides is 1. The molecule has 18 heteroatoms. The number of halogens is 1. The van der Waals surface area contributed by atoms with Crippen molar-refractivity contribution < 1.29 is 51.0 Å². The summed E-state index contributed by atoms with van der Waals surface area (Å²) < 4.78 is 59.9. The summed E-state index contributed by atoms with van der Waals surface area (Å²) in [5.41, 5.74) is -1.12. The number of fused-ring (bicyclic) bond motifs is 5. The number of epoxide rings is 1. The van der Waals surface area contributed by atoms with Gasteiger partial charge >= 0.3 is 12.2 Å². The van der Waals surface area contributed by atoms with E-state index in [2.05, 4.69) is 21.9 Å². The Morgan fingerprint density at radius 3 is 2.59 bits per heavy atom. The van der Waals surface area contributed by atoms with E-state index in [4.69, 9.17) is 14.2 Å². The molecule has 2 aliphatic carbocycles. The summed E-state index contributed by atoms with van der Waals surface area (Å²) in [6, 6.07) is 2.60. The molecule has 0 bridgehead atoms. The zero-order valence-corrected chi connectivity index (χ0v) is 32.5. The molecule has 0 spiro atoms. The summed E-state index contributed by atoms with van der Waals surface area (Å²) >= 11 is 0. The number of carbonyl (C=O) groups is 5. The Hall–Kier alpha value is -4.55. The van der Waals surface area contributed by atoms with Gasteiger partial charge in [0.2, 0.25) is 21.8 Å². The van der Waals surface area contributed by atoms with Crippen LogP contribution in [0.1, 0.15) is 70.4 Å². The van der Waals surface area contributed by atoms with Crippen molar-refractivity contribution in [3.63, 3.8) is 0 Å². The van der Waals surface area contributed by atoms with Crippen LogP contribution < -0.4 is 15.4 Å². The van der Waals surface area contributed by atoms with Gasteiger partial charge in [0.05, 0.1) is 30.9 Å². The molecule has 1 aromatic carbocycles. The van der Waals surface area contributed by atoms with Crippen molar-refractivity contribution in [1.82, 2.24) is 30.1 Å². The second kappa shape index (κ2) is 15.1. The van der Waals surface area contributed by atoms with Crippen LogP contribution >= 0.6 is 0 Å². The van der Waals surface area contributed by atoms with Gasteiger partial charge in [0.1, 0.15) is 41.4 Å². The number of allylic oxidation sites excluding steroid dienone is 1. The second-order valence-corrected chi connectivity index (χ2v) is 18.4. The van der Waals surface area contributed by atoms with E-state index in [9.17, 15) is 36.8 Å². The molecule has 4 fully saturated rings. The lowest BCUT2D eigenvalue weighted by molar-refractivity contribution is -0.136. The SMILES string of the molecule is C=CC(=O)N1CCC/C=C\[C@@H]2C[C@@]2(C(=O)NS(=O)(=O)C2CC2)NC2OC2C2C[C@@H](OC(=O)N3Cc4cccc(F)c4C3)CN2C(=O)[C@@H](NC(=O)OC(C)(C)C)C1. The number of amides is 5. The molecule has 3 N–H and O–H groups in total. The number of hydrogen-bond acceptors (Lipinski definition) is 11. The molecule has 7 atom stereocenters. The molecular formula is C38H49FN6O10S. The molecule has 56 heavy (non-hydrogen) atoms. The van der Waals surface area contributed by atoms with E-state index in [-0.39, 0.29) is 45.1 Å². The van der Waals surface area contributed by atoms with Gasteiger partial charge in [0, 0.05) is 31.0 Å². The highest BCUT2D eigenvalue weighted by molar-refractivity contribution is 7.91. The zero-order valence-electron chi connectivity index (χ0n) is 31.7. The molecule has 5 amide bonds. The number of carbonyl (C=O) groups excluding carboxylic acids is 5. The summed E-state index contributed by atoms with van der Waals surface area (Å²) in [5.74, 6) is -2.52. The van der Waals surface area contributed by atoms with Crippen LogP contribution in [-0.4, -0.2) is 120 Å². The van der Waals surface area contributed by atoms with Crippen molar-refractivity contribution in [1.29, 1.82) is 0 Å². The summed E-state index contributed by atoms with van der Waals surface area (Å²) in [7, 11) is -3.85. The third-order valence-electron chi connectivity index (χ3n) is 11.0. The van der Waals surface area contributed by atoms with Gasteiger partial charge in [-0.05, 0) is 70.6 Å². The predicted molar refractivity (Wildman–Crippen MR) is 197 cm³/mol. The van der Waals surface area contributed by atoms with Crippen LogP contribution in [0.4, 0.5) is 14.0 Å². The van der Waals surface area contributed by atoms with Gasteiger partial charge in [0.15, 0.2) is 0 Å². The van der Waals surface area contributed by atoms with Crippen molar-refractivity contribution in [3.05, 3.63) is 60.0 Å². The van der Waals surface area contributed by atoms with Crippen molar-refractivity contribution in [2.45, 2.75) is 119 Å². The first-order valence-corrected chi connectivity index (χ1v) is 20.6. The monoisotopic (exact) mass is 800 g/mol. The molecule has 4 aliphatic heterocycles. The fourth-order valence-corrected chi connectivity index (χ4v) is 9.19. The molecular weight excluding hydrogens is 752 g/mol. The first-order chi connectivity index (χ1) is 26.5. The smallest absolute Gasteiger partial charge is 0.410 e. The van der Waals surface area contributed by atoms with E-state index in [1.54, 1.807) is 32.9 Å². The molecule has 6 aliphatic rings. The van der Waals surface area contributed by atoms with Gasteiger partial charge in [-0.15, -0.1) is 0 Å². The Morgan fingerprint density at radius 2 is 1.89 bits per heavy atom. The van der Waals surface area contributed by atoms with E-state index in [0.29, 0.717) is 43.2 Å². The quantitative estimate of drug-likeness (QED) is 0.217. The summed E-state index contributed by atoms with van der Waals surface area (Å²) in [6.07, 6.45) is 3.26. The fraction of sp³-hybridized carbons (Fsp3) is 0.605. The van der Waals surface area contributed by atoms with Crippen molar-refractivity contribution in [2.75, 3.05) is 19.6 Å². The van der Waals surface area contributed by atoms with Gasteiger partial charge in [-0.25, -0.2) is 22.4 Å². The standard InChI is InChI=1S/C38H49FN6O10S/c1-5-30(46)43-15-8-6-7-11-23-17-38(23,34(48)42-56(51,52)25-13-14-25)41-32-31(54-32)29-16-24(53-36(50)44-18-22-10-9-12-27(39)26(22)20-44)19-45(29)33(47)28(21-43)40-35(49)55-37(2,3)4/h5,7,9-12,23-25,28-29,31-32,41H,1,6,8,13-21H2,2-4H3,(H,40,49)(H,42,48)/b11-7-/t23-,24-,28+,29?,31?,32?,38-/m1/s1. The van der Waals surface area contributed by atoms with Crippen LogP contribution in [0.2, 0.25) is 0 Å². The van der Waals surface area contributed by atoms with Crippen LogP contribution in [0.25, 0.3) is 0 Å². The fourth-order valence-electron chi connectivity index (χ4n) is 7.82. The van der Waals surface area contributed by atoms with Crippen molar-refractivity contribution >= 4 is 39.9 Å². The molecule has 2 saturated heterocycles. The molecule has 2 saturated carbocycles. The minimum absolute atomic E-state index is 0.0165. The van der Waals surface area contributed by atoms with Gasteiger partial charge in [-0.3, -0.25) is 29.3 Å². The normalized spacial score (nSPS) is 30.9. The third kappa shape index (κ3) is 8.56. The van der Waals surface area contributed by atoms with Gasteiger partial charge in [-0.1, -0.05) is 30.9 Å². The average Bonchev–Trinajstić information content (AvgIpc) is 4.08. The summed E-state index contributed by atoms with van der Waals surface area (Å²) in [6.45, 7) is 8.68. The predicted octanol–water partition coefficient (Wildman–Crippen LogP) is 2.19. The molecule has 0 aromatic heterocycles. The lowest BCUT2D eigenvalue weighted by Crippen LogP contribution is -2.57. The van der Waals surface area contributed by atoms with Crippen LogP contribution in [0.15, 0.2) is 43.0 Å². The highest BCUT2D eigenvalue weighted by atomic mass is 32.2. The maximum Gasteiger partial charge on any atom is 0.410 e. The summed E-state index contributed by atoms with van der Waals surface area (Å²) in [5, 5.41) is 5.30. The molecule has 0 radical (unpaired) electrons. The van der Waals surface area contributed by atoms with E-state index in [1.165, 1.54) is 20.8 Å². The maximum absolute atomic E-state index is 14.7. The number of nitrogens with zero attached hydrogens (tertiary/aromatic N) is 3. The van der Waals surface area contributed by atoms with Gasteiger partial charge in [-0.2, -0.15) is 0 Å². The average molecular weight is 801 g/mol. The molecule has 1 aromatic rings.